The van der Waals surface area contributed by atoms with E-state index in [4.69, 9.17) is 0 Å². The van der Waals surface area contributed by atoms with Crippen LogP contribution in [0.25, 0.3) is 0 Å². The zero-order valence-electron chi connectivity index (χ0n) is 9.33. The lowest BCUT2D eigenvalue weighted by molar-refractivity contribution is 0.523. The van der Waals surface area contributed by atoms with Crippen LogP contribution in [0.15, 0.2) is 24.3 Å². The zero-order chi connectivity index (χ0) is 10.8. The van der Waals surface area contributed by atoms with E-state index in [0.29, 0.717) is 17.9 Å². The number of benzene rings is 1. The Kier molecular flexibility index (Phi) is 3.06. The molecule has 82 valence electrons. The van der Waals surface area contributed by atoms with E-state index in [0.717, 1.165) is 0 Å². The maximum absolute atomic E-state index is 12.8. The molecule has 0 bridgehead atoms. The lowest BCUT2D eigenvalue weighted by Gasteiger charge is -2.15. The molecular weight excluding hydrogens is 189 g/mol. The molecule has 2 rings (SSSR count). The normalized spacial score (nSPS) is 30.7. The van der Waals surface area contributed by atoms with Crippen LogP contribution in [-0.2, 0) is 0 Å². The number of nitrogens with one attached hydrogen (secondary N) is 1. The molecule has 0 heterocycles. The van der Waals surface area contributed by atoms with Crippen molar-refractivity contribution in [3.05, 3.63) is 35.6 Å². The van der Waals surface area contributed by atoms with E-state index >= 15 is 0 Å². The number of halogens is 1. The van der Waals surface area contributed by atoms with Crippen LogP contribution in [0.4, 0.5) is 4.39 Å². The molecule has 0 spiro atoms. The van der Waals surface area contributed by atoms with Crippen LogP contribution in [0.3, 0.4) is 0 Å². The van der Waals surface area contributed by atoms with E-state index in [1.54, 1.807) is 12.1 Å². The van der Waals surface area contributed by atoms with Crippen molar-refractivity contribution < 1.29 is 4.39 Å². The van der Waals surface area contributed by atoms with Crippen molar-refractivity contribution in [1.82, 2.24) is 5.32 Å². The third kappa shape index (κ3) is 2.20. The van der Waals surface area contributed by atoms with Gasteiger partial charge in [0.1, 0.15) is 5.82 Å². The van der Waals surface area contributed by atoms with Crippen molar-refractivity contribution in [1.29, 1.82) is 0 Å². The van der Waals surface area contributed by atoms with Crippen LogP contribution in [-0.4, -0.2) is 13.1 Å². The first kappa shape index (κ1) is 10.6. The lowest BCUT2D eigenvalue weighted by Crippen LogP contribution is -2.21. The monoisotopic (exact) mass is 207 g/mol. The third-order valence-electron chi connectivity index (χ3n) is 3.59. The highest BCUT2D eigenvalue weighted by atomic mass is 19.1. The SMILES string of the molecule is CN[C@H]1C[C@@H](C)[C@H](c2ccc(F)cc2)C1. The van der Waals surface area contributed by atoms with Crippen molar-refractivity contribution in [3.63, 3.8) is 0 Å². The molecule has 15 heavy (non-hydrogen) atoms. The fourth-order valence-corrected chi connectivity index (χ4v) is 2.66. The second-order valence-corrected chi connectivity index (χ2v) is 4.59. The van der Waals surface area contributed by atoms with Gasteiger partial charge in [-0.15, -0.1) is 0 Å². The Hall–Kier alpha value is -0.890. The van der Waals surface area contributed by atoms with Gasteiger partial charge in [-0.3, -0.25) is 0 Å². The first-order valence-corrected chi connectivity index (χ1v) is 5.63. The Bertz CT molecular complexity index is 320. The van der Waals surface area contributed by atoms with Gasteiger partial charge in [0.15, 0.2) is 0 Å². The molecule has 1 N–H and O–H groups in total. The van der Waals surface area contributed by atoms with E-state index in [-0.39, 0.29) is 5.82 Å². The quantitative estimate of drug-likeness (QED) is 0.786. The van der Waals surface area contributed by atoms with Gasteiger partial charge >= 0.3 is 0 Å². The van der Waals surface area contributed by atoms with Crippen molar-refractivity contribution in [2.75, 3.05) is 7.05 Å². The molecule has 0 aromatic heterocycles. The molecule has 1 aliphatic rings. The minimum absolute atomic E-state index is 0.144. The average molecular weight is 207 g/mol. The maximum atomic E-state index is 12.8. The van der Waals surface area contributed by atoms with Crippen LogP contribution in [0.5, 0.6) is 0 Å². The Balaban J connectivity index is 2.14. The molecule has 0 saturated heterocycles. The van der Waals surface area contributed by atoms with E-state index in [1.165, 1.54) is 18.4 Å². The van der Waals surface area contributed by atoms with Crippen molar-refractivity contribution in [3.8, 4) is 0 Å². The molecule has 2 heteroatoms. The topological polar surface area (TPSA) is 12.0 Å². The fourth-order valence-electron chi connectivity index (χ4n) is 2.66. The molecule has 0 unspecified atom stereocenters. The Labute approximate surface area is 90.7 Å². The van der Waals surface area contributed by atoms with Gasteiger partial charge in [-0.05, 0) is 49.4 Å². The van der Waals surface area contributed by atoms with Crippen molar-refractivity contribution in [2.24, 2.45) is 5.92 Å². The summed E-state index contributed by atoms with van der Waals surface area (Å²) in [6.45, 7) is 2.28. The summed E-state index contributed by atoms with van der Waals surface area (Å²) in [5.41, 5.74) is 1.28. The molecule has 1 saturated carbocycles. The summed E-state index contributed by atoms with van der Waals surface area (Å²) < 4.78 is 12.8. The molecule has 1 aromatic carbocycles. The van der Waals surface area contributed by atoms with Gasteiger partial charge in [-0.1, -0.05) is 19.1 Å². The van der Waals surface area contributed by atoms with Gasteiger partial charge in [0.2, 0.25) is 0 Å². The standard InChI is InChI=1S/C13H18FN/c1-9-7-12(15-2)8-13(9)10-3-5-11(14)6-4-10/h3-6,9,12-13,15H,7-8H2,1-2H3/t9-,12+,13-/m1/s1. The molecular formula is C13H18FN. The zero-order valence-corrected chi connectivity index (χ0v) is 9.33. The van der Waals surface area contributed by atoms with Crippen LogP contribution >= 0.6 is 0 Å². The van der Waals surface area contributed by atoms with Gasteiger partial charge in [-0.2, -0.15) is 0 Å². The second-order valence-electron chi connectivity index (χ2n) is 4.59. The van der Waals surface area contributed by atoms with Crippen molar-refractivity contribution in [2.45, 2.75) is 31.7 Å². The first-order chi connectivity index (χ1) is 7.20. The summed E-state index contributed by atoms with van der Waals surface area (Å²) in [5.74, 6) is 1.13. The average Bonchev–Trinajstić information content (AvgIpc) is 2.61. The molecule has 0 radical (unpaired) electrons. The highest BCUT2D eigenvalue weighted by molar-refractivity contribution is 5.22. The van der Waals surface area contributed by atoms with Crippen LogP contribution in [0, 0.1) is 11.7 Å². The third-order valence-corrected chi connectivity index (χ3v) is 3.59. The van der Waals surface area contributed by atoms with Gasteiger partial charge < -0.3 is 5.32 Å². The Morgan fingerprint density at radius 1 is 1.20 bits per heavy atom. The van der Waals surface area contributed by atoms with Gasteiger partial charge in [0.05, 0.1) is 0 Å². The predicted molar refractivity (Wildman–Crippen MR) is 60.4 cm³/mol. The number of hydrogen-bond donors (Lipinski definition) is 1. The second kappa shape index (κ2) is 4.31. The molecule has 1 nitrogen and oxygen atoms in total. The largest absolute Gasteiger partial charge is 0.317 e. The van der Waals surface area contributed by atoms with Gasteiger partial charge in [0, 0.05) is 6.04 Å². The van der Waals surface area contributed by atoms with Crippen LogP contribution in [0.2, 0.25) is 0 Å². The van der Waals surface area contributed by atoms with E-state index in [2.05, 4.69) is 12.2 Å². The number of rotatable bonds is 2. The van der Waals surface area contributed by atoms with Crippen LogP contribution in [0.1, 0.15) is 31.2 Å². The Morgan fingerprint density at radius 2 is 1.87 bits per heavy atom. The van der Waals surface area contributed by atoms with E-state index < -0.39 is 0 Å². The summed E-state index contributed by atoms with van der Waals surface area (Å²) in [5, 5.41) is 3.33. The molecule has 1 fully saturated rings. The smallest absolute Gasteiger partial charge is 0.123 e. The maximum Gasteiger partial charge on any atom is 0.123 e. The highest BCUT2D eigenvalue weighted by Crippen LogP contribution is 2.39. The molecule has 1 aromatic rings. The highest BCUT2D eigenvalue weighted by Gasteiger charge is 2.31. The van der Waals surface area contributed by atoms with E-state index in [9.17, 15) is 4.39 Å². The summed E-state index contributed by atoms with van der Waals surface area (Å²) in [6.07, 6.45) is 2.39. The summed E-state index contributed by atoms with van der Waals surface area (Å²) in [6, 6.07) is 7.60. The minimum atomic E-state index is -0.144. The first-order valence-electron chi connectivity index (χ1n) is 5.63. The molecule has 1 aliphatic carbocycles. The minimum Gasteiger partial charge on any atom is -0.317 e. The van der Waals surface area contributed by atoms with Crippen LogP contribution < -0.4 is 5.32 Å². The molecule has 0 amide bonds. The summed E-state index contributed by atoms with van der Waals surface area (Å²) in [4.78, 5) is 0. The van der Waals surface area contributed by atoms with Gasteiger partial charge in [0.25, 0.3) is 0 Å². The van der Waals surface area contributed by atoms with E-state index in [1.807, 2.05) is 19.2 Å². The molecule has 3 atom stereocenters. The number of hydrogen-bond acceptors (Lipinski definition) is 1. The van der Waals surface area contributed by atoms with Crippen molar-refractivity contribution >= 4 is 0 Å². The summed E-state index contributed by atoms with van der Waals surface area (Å²) >= 11 is 0. The molecule has 0 aliphatic heterocycles. The lowest BCUT2D eigenvalue weighted by atomic mass is 9.90. The van der Waals surface area contributed by atoms with Gasteiger partial charge in [-0.25, -0.2) is 4.39 Å². The predicted octanol–water partition coefficient (Wildman–Crippen LogP) is 2.93. The fraction of sp³-hybridized carbons (Fsp3) is 0.538. The summed E-state index contributed by atoms with van der Waals surface area (Å²) in [7, 11) is 2.02. The Morgan fingerprint density at radius 3 is 2.40 bits per heavy atom.